The van der Waals surface area contributed by atoms with Crippen molar-refractivity contribution in [1.82, 2.24) is 15.5 Å². The molecule has 7 N–H and O–H groups in total. The van der Waals surface area contributed by atoms with Crippen molar-refractivity contribution in [2.45, 2.75) is 63.6 Å². The van der Waals surface area contributed by atoms with Crippen molar-refractivity contribution >= 4 is 53.0 Å². The normalized spacial score (nSPS) is 12.9. The fourth-order valence-electron chi connectivity index (χ4n) is 5.57. The molecule has 1 heterocycles. The molecule has 0 saturated carbocycles. The van der Waals surface area contributed by atoms with Gasteiger partial charge >= 0.3 is 6.16 Å². The Morgan fingerprint density at radius 3 is 2.12 bits per heavy atom. The van der Waals surface area contributed by atoms with Crippen molar-refractivity contribution < 1.29 is 43.2 Å². The van der Waals surface area contributed by atoms with Gasteiger partial charge in [-0.3, -0.25) is 44.0 Å². The van der Waals surface area contributed by atoms with E-state index in [1.807, 2.05) is 30.3 Å². The summed E-state index contributed by atoms with van der Waals surface area (Å²) in [5.74, 6) is -2.28. The maximum Gasteiger partial charge on any atom is 0.514 e. The zero-order chi connectivity index (χ0) is 41.2. The zero-order valence-electron chi connectivity index (χ0n) is 31.0. The Kier molecular flexibility index (Phi) is 16.2. The van der Waals surface area contributed by atoms with E-state index in [0.29, 0.717) is 36.9 Å². The molecule has 2 atom stereocenters. The summed E-state index contributed by atoms with van der Waals surface area (Å²) in [6.45, 7) is 0.279. The number of nitrogens with one attached hydrogen (secondary N) is 3. The Balaban J connectivity index is 1.34. The first-order valence-corrected chi connectivity index (χ1v) is 18.1. The Morgan fingerprint density at radius 1 is 0.789 bits per heavy atom. The molecule has 0 radical (unpaired) electrons. The highest BCUT2D eigenvalue weighted by atomic mass is 16.7. The number of non-ortho nitro benzene ring substituents is 1. The van der Waals surface area contributed by atoms with E-state index >= 15 is 0 Å². The molecule has 0 fully saturated rings. The van der Waals surface area contributed by atoms with Crippen molar-refractivity contribution in [2.75, 3.05) is 18.4 Å². The van der Waals surface area contributed by atoms with Crippen LogP contribution in [-0.2, 0) is 41.7 Å². The van der Waals surface area contributed by atoms with Crippen LogP contribution < -0.4 is 32.2 Å². The number of imide groups is 1. The zero-order valence-corrected chi connectivity index (χ0v) is 31.0. The molecule has 57 heavy (non-hydrogen) atoms. The molecule has 0 bridgehead atoms. The van der Waals surface area contributed by atoms with Gasteiger partial charge in [0.2, 0.25) is 17.7 Å². The molecular weight excluding hydrogens is 740 g/mol. The van der Waals surface area contributed by atoms with Crippen LogP contribution >= 0.6 is 0 Å². The first-order valence-electron chi connectivity index (χ1n) is 18.1. The van der Waals surface area contributed by atoms with Crippen LogP contribution in [0.25, 0.3) is 0 Å². The highest BCUT2D eigenvalue weighted by Gasteiger charge is 2.27. The molecule has 300 valence electrons. The second kappa shape index (κ2) is 21.7. The molecule has 4 rings (SSSR count). The highest BCUT2D eigenvalue weighted by Crippen LogP contribution is 2.19. The number of ether oxygens (including phenoxy) is 2. The summed E-state index contributed by atoms with van der Waals surface area (Å²) in [5, 5.41) is 19.2. The van der Waals surface area contributed by atoms with Crippen molar-refractivity contribution in [3.63, 3.8) is 0 Å². The minimum absolute atomic E-state index is 0.0650. The number of nitro benzene ring substituents is 1. The number of rotatable bonds is 21. The van der Waals surface area contributed by atoms with Gasteiger partial charge in [-0.05, 0) is 61.1 Å². The van der Waals surface area contributed by atoms with Gasteiger partial charge in [-0.25, -0.2) is 4.79 Å². The topological polar surface area (TPSA) is 268 Å². The molecule has 1 aliphatic heterocycles. The third kappa shape index (κ3) is 14.6. The molecule has 0 spiro atoms. The number of hydrogen-bond donors (Lipinski definition) is 5. The molecule has 0 unspecified atom stereocenters. The summed E-state index contributed by atoms with van der Waals surface area (Å²) in [5.41, 5.74) is 12.5. The number of nitrogens with zero attached hydrogens (tertiary/aromatic N) is 3. The largest absolute Gasteiger partial charge is 0.514 e. The number of guanidine groups is 1. The number of aliphatic imine (C=N–C) groups is 1. The van der Waals surface area contributed by atoms with Gasteiger partial charge in [0, 0.05) is 55.9 Å². The third-order valence-corrected chi connectivity index (χ3v) is 8.53. The molecule has 18 nitrogen and oxygen atoms in total. The van der Waals surface area contributed by atoms with E-state index in [-0.39, 0.29) is 74.1 Å². The summed E-state index contributed by atoms with van der Waals surface area (Å²) < 4.78 is 10.2. The molecule has 0 aromatic heterocycles. The molecule has 1 aliphatic rings. The summed E-state index contributed by atoms with van der Waals surface area (Å²) in [6, 6.07) is 18.3. The van der Waals surface area contributed by atoms with Gasteiger partial charge in [0.25, 0.3) is 17.5 Å². The molecule has 3 aromatic carbocycles. The lowest BCUT2D eigenvalue weighted by atomic mass is 10.0. The predicted molar refractivity (Wildman–Crippen MR) is 207 cm³/mol. The quantitative estimate of drug-likeness (QED) is 0.0153. The number of nitro groups is 1. The Bertz CT molecular complexity index is 1930. The lowest BCUT2D eigenvalue weighted by Crippen LogP contribution is -2.53. The van der Waals surface area contributed by atoms with Crippen LogP contribution in [0, 0.1) is 10.1 Å². The van der Waals surface area contributed by atoms with E-state index in [1.54, 1.807) is 24.3 Å². The lowest BCUT2D eigenvalue weighted by Gasteiger charge is -2.23. The fraction of sp³-hybridized carbons (Fsp3) is 0.308. The minimum atomic E-state index is -1.05. The minimum Gasteiger partial charge on any atom is -0.429 e. The van der Waals surface area contributed by atoms with E-state index in [4.69, 9.17) is 20.9 Å². The average Bonchev–Trinajstić information content (AvgIpc) is 3.51. The van der Waals surface area contributed by atoms with Crippen LogP contribution in [0.5, 0.6) is 5.75 Å². The maximum atomic E-state index is 13.8. The fourth-order valence-corrected chi connectivity index (χ4v) is 5.57. The van der Waals surface area contributed by atoms with Crippen molar-refractivity contribution in [2.24, 2.45) is 16.5 Å². The van der Waals surface area contributed by atoms with Gasteiger partial charge in [-0.15, -0.1) is 0 Å². The summed E-state index contributed by atoms with van der Waals surface area (Å²) in [7, 11) is 0. The van der Waals surface area contributed by atoms with Crippen LogP contribution in [0.15, 0.2) is 96.0 Å². The number of carbonyl (C=O) groups excluding carboxylic acids is 6. The van der Waals surface area contributed by atoms with Crippen LogP contribution in [0.4, 0.5) is 16.2 Å². The standard InChI is InChI=1S/C39H44N8O10/c40-38(41)42-22-7-10-31(36(51)43-28-14-12-27(13-15-28)25-56-39(53)57-30-18-16-29(17-19-30)47(54)55)45-37(52)32(24-26-8-3-1-4-9-26)44-33(48)11-5-2-6-23-46-34(49)20-21-35(46)50/h1,3-4,8-9,12-21,31-32H,2,5-7,10-11,22-25H2,(H,43,51)(H,44,48)(H,45,52)(H4,40,41,42)/t31-,32-/m0/s1. The molecule has 0 aliphatic carbocycles. The second-order valence-corrected chi connectivity index (χ2v) is 12.9. The molecule has 18 heteroatoms. The van der Waals surface area contributed by atoms with E-state index in [1.165, 1.54) is 36.4 Å². The van der Waals surface area contributed by atoms with E-state index < -0.39 is 35.0 Å². The van der Waals surface area contributed by atoms with Gasteiger partial charge in [0.1, 0.15) is 24.4 Å². The molecular formula is C39H44N8O10. The van der Waals surface area contributed by atoms with Gasteiger partial charge < -0.3 is 36.9 Å². The molecule has 0 saturated heterocycles. The van der Waals surface area contributed by atoms with Crippen LogP contribution in [0.1, 0.15) is 49.7 Å². The first kappa shape index (κ1) is 42.6. The summed E-state index contributed by atoms with van der Waals surface area (Å²) >= 11 is 0. The second-order valence-electron chi connectivity index (χ2n) is 12.9. The predicted octanol–water partition coefficient (Wildman–Crippen LogP) is 3.00. The van der Waals surface area contributed by atoms with Crippen molar-refractivity contribution in [3.05, 3.63) is 112 Å². The monoisotopic (exact) mass is 784 g/mol. The van der Waals surface area contributed by atoms with Gasteiger partial charge in [-0.1, -0.05) is 48.9 Å². The van der Waals surface area contributed by atoms with Crippen molar-refractivity contribution in [1.29, 1.82) is 0 Å². The smallest absolute Gasteiger partial charge is 0.429 e. The number of amides is 5. The lowest BCUT2D eigenvalue weighted by molar-refractivity contribution is -0.384. The third-order valence-electron chi connectivity index (χ3n) is 8.53. The Labute approximate surface area is 327 Å². The Morgan fingerprint density at radius 2 is 1.47 bits per heavy atom. The van der Waals surface area contributed by atoms with Gasteiger partial charge in [0.05, 0.1) is 4.92 Å². The van der Waals surface area contributed by atoms with Crippen LogP contribution in [-0.4, -0.2) is 76.6 Å². The first-order chi connectivity index (χ1) is 27.4. The van der Waals surface area contributed by atoms with Gasteiger partial charge in [-0.2, -0.15) is 0 Å². The number of nitrogens with two attached hydrogens (primary N) is 2. The number of unbranched alkanes of at least 4 members (excludes halogenated alkanes) is 2. The number of hydrogen-bond acceptors (Lipinski definition) is 11. The van der Waals surface area contributed by atoms with E-state index in [9.17, 15) is 38.9 Å². The van der Waals surface area contributed by atoms with Crippen LogP contribution in [0.2, 0.25) is 0 Å². The average molecular weight is 785 g/mol. The highest BCUT2D eigenvalue weighted by molar-refractivity contribution is 6.12. The number of carbonyl (C=O) groups is 6. The SMILES string of the molecule is NC(N)=NCCC[C@H](NC(=O)[C@H](Cc1ccccc1)NC(=O)CCCCCN1C(=O)C=CC1=O)C(=O)Nc1ccc(COC(=O)Oc2ccc([N+](=O)[O-])cc2)cc1. The summed E-state index contributed by atoms with van der Waals surface area (Å²) in [6.07, 6.45) is 3.72. The molecule has 5 amide bonds. The Hall–Kier alpha value is -7.11. The van der Waals surface area contributed by atoms with Gasteiger partial charge in [0.15, 0.2) is 5.96 Å². The van der Waals surface area contributed by atoms with Crippen LogP contribution in [0.3, 0.4) is 0 Å². The summed E-state index contributed by atoms with van der Waals surface area (Å²) in [4.78, 5) is 91.4. The van der Waals surface area contributed by atoms with E-state index in [0.717, 1.165) is 10.5 Å². The molecule has 3 aromatic rings. The van der Waals surface area contributed by atoms with Crippen molar-refractivity contribution in [3.8, 4) is 5.75 Å². The number of benzene rings is 3. The van der Waals surface area contributed by atoms with E-state index in [2.05, 4.69) is 20.9 Å². The maximum absolute atomic E-state index is 13.8. The number of anilines is 1.